The average molecular weight is 271 g/mol. The third-order valence-corrected chi connectivity index (χ3v) is 3.12. The van der Waals surface area contributed by atoms with Gasteiger partial charge in [0.1, 0.15) is 0 Å². The van der Waals surface area contributed by atoms with Crippen LogP contribution >= 0.6 is 0 Å². The van der Waals surface area contributed by atoms with Gasteiger partial charge in [-0.15, -0.1) is 0 Å². The number of guanidine groups is 1. The Kier molecular flexibility index (Phi) is 3.97. The monoisotopic (exact) mass is 271 g/mol. The van der Waals surface area contributed by atoms with E-state index in [1.54, 1.807) is 18.2 Å². The van der Waals surface area contributed by atoms with Crippen LogP contribution in [0.25, 0.3) is 0 Å². The zero-order valence-corrected chi connectivity index (χ0v) is 10.6. The summed E-state index contributed by atoms with van der Waals surface area (Å²) in [6.45, 7) is 1.17. The molecule has 2 rings (SSSR count). The van der Waals surface area contributed by atoms with Gasteiger partial charge in [-0.25, -0.2) is 0 Å². The Morgan fingerprint density at radius 3 is 2.53 bits per heavy atom. The summed E-state index contributed by atoms with van der Waals surface area (Å²) < 4.78 is 39.3. The summed E-state index contributed by atoms with van der Waals surface area (Å²) >= 11 is 0. The molecule has 19 heavy (non-hydrogen) atoms. The van der Waals surface area contributed by atoms with Crippen LogP contribution in [0, 0.1) is 0 Å². The van der Waals surface area contributed by atoms with Crippen molar-refractivity contribution >= 4 is 5.96 Å². The molecule has 0 bridgehead atoms. The third-order valence-electron chi connectivity index (χ3n) is 3.12. The van der Waals surface area contributed by atoms with Gasteiger partial charge in [0.2, 0.25) is 0 Å². The second-order valence-corrected chi connectivity index (χ2v) is 4.51. The average Bonchev–Trinajstić information content (AvgIpc) is 2.75. The van der Waals surface area contributed by atoms with Crippen LogP contribution in [0.5, 0.6) is 0 Å². The highest BCUT2D eigenvalue weighted by atomic mass is 19.4. The summed E-state index contributed by atoms with van der Waals surface area (Å²) in [4.78, 5) is 5.95. The van der Waals surface area contributed by atoms with Crippen LogP contribution in [-0.2, 0) is 0 Å². The second kappa shape index (κ2) is 5.50. The number of rotatable bonds is 3. The molecule has 1 aliphatic rings. The van der Waals surface area contributed by atoms with Gasteiger partial charge >= 0.3 is 6.18 Å². The van der Waals surface area contributed by atoms with Gasteiger partial charge in [0.05, 0.1) is 12.5 Å². The summed E-state index contributed by atoms with van der Waals surface area (Å²) in [5, 5.41) is 2.79. The number of nitrogens with zero attached hydrogens (tertiary/aromatic N) is 2. The lowest BCUT2D eigenvalue weighted by Crippen LogP contribution is -2.40. The van der Waals surface area contributed by atoms with E-state index >= 15 is 0 Å². The third kappa shape index (κ3) is 3.39. The Labute approximate surface area is 110 Å². The maximum atomic E-state index is 13.1. The smallest absolute Gasteiger partial charge is 0.355 e. The normalized spacial score (nSPS) is 17.3. The fraction of sp³-hybridized carbons (Fsp3) is 0.462. The molecule has 1 atom stereocenters. The van der Waals surface area contributed by atoms with Crippen molar-refractivity contribution in [1.29, 1.82) is 0 Å². The predicted octanol–water partition coefficient (Wildman–Crippen LogP) is 2.22. The van der Waals surface area contributed by atoms with Gasteiger partial charge in [0.25, 0.3) is 0 Å². The Hall–Kier alpha value is -1.72. The molecule has 0 amide bonds. The van der Waals surface area contributed by atoms with Crippen LogP contribution in [0.3, 0.4) is 0 Å². The van der Waals surface area contributed by atoms with E-state index in [4.69, 9.17) is 0 Å². The molecular weight excluding hydrogens is 255 g/mol. The highest BCUT2D eigenvalue weighted by molar-refractivity contribution is 5.81. The Balaban J connectivity index is 2.08. The van der Waals surface area contributed by atoms with Crippen molar-refractivity contribution in [3.8, 4) is 0 Å². The Morgan fingerprint density at radius 2 is 2.00 bits per heavy atom. The summed E-state index contributed by atoms with van der Waals surface area (Å²) in [5.41, 5.74) is 0.267. The quantitative estimate of drug-likeness (QED) is 0.913. The second-order valence-electron chi connectivity index (χ2n) is 4.51. The van der Waals surface area contributed by atoms with Gasteiger partial charge in [-0.3, -0.25) is 4.99 Å². The van der Waals surface area contributed by atoms with Gasteiger partial charge in [-0.2, -0.15) is 13.2 Å². The van der Waals surface area contributed by atoms with Crippen molar-refractivity contribution in [3.63, 3.8) is 0 Å². The molecule has 3 nitrogen and oxygen atoms in total. The molecule has 0 aromatic heterocycles. The molecular formula is C13H16F3N3. The van der Waals surface area contributed by atoms with Crippen molar-refractivity contribution in [2.45, 2.75) is 12.1 Å². The van der Waals surface area contributed by atoms with Crippen molar-refractivity contribution < 1.29 is 13.2 Å². The van der Waals surface area contributed by atoms with E-state index in [1.807, 2.05) is 11.9 Å². The molecule has 1 N–H and O–H groups in total. The maximum absolute atomic E-state index is 13.1. The fourth-order valence-electron chi connectivity index (χ4n) is 2.02. The summed E-state index contributed by atoms with van der Waals surface area (Å²) in [6.07, 6.45) is -4.27. The first kappa shape index (κ1) is 13.7. The van der Waals surface area contributed by atoms with Crippen LogP contribution in [0.15, 0.2) is 35.3 Å². The molecule has 104 valence electrons. The number of likely N-dealkylation sites (N-methyl/N-ethyl adjacent to an activating group) is 1. The van der Waals surface area contributed by atoms with Gasteiger partial charge in [0, 0.05) is 20.1 Å². The Bertz CT molecular complexity index is 442. The van der Waals surface area contributed by atoms with Crippen LogP contribution in [0.2, 0.25) is 0 Å². The van der Waals surface area contributed by atoms with E-state index in [-0.39, 0.29) is 12.1 Å². The van der Waals surface area contributed by atoms with Crippen molar-refractivity contribution in [2.24, 2.45) is 4.99 Å². The van der Waals surface area contributed by atoms with Gasteiger partial charge in [0.15, 0.2) is 5.96 Å². The number of hydrogen-bond acceptors (Lipinski definition) is 3. The van der Waals surface area contributed by atoms with E-state index in [9.17, 15) is 13.2 Å². The van der Waals surface area contributed by atoms with Crippen LogP contribution in [-0.4, -0.2) is 43.7 Å². The molecule has 1 heterocycles. The highest BCUT2D eigenvalue weighted by Crippen LogP contribution is 2.34. The standard InChI is InChI=1S/C13H16F3N3/c1-19-8-7-17-12(19)18-9-11(13(14,15)16)10-5-3-2-4-6-10/h2-6,11H,7-9H2,1H3,(H,17,18). The largest absolute Gasteiger partial charge is 0.397 e. The first-order valence-corrected chi connectivity index (χ1v) is 6.09. The summed E-state index contributed by atoms with van der Waals surface area (Å²) in [5.74, 6) is -0.990. The minimum absolute atomic E-state index is 0.198. The predicted molar refractivity (Wildman–Crippen MR) is 68.2 cm³/mol. The number of aliphatic imine (C=N–C) groups is 1. The summed E-state index contributed by atoms with van der Waals surface area (Å²) in [6, 6.07) is 7.94. The first-order chi connectivity index (χ1) is 8.98. The molecule has 1 unspecified atom stereocenters. The molecule has 1 aromatic carbocycles. The molecule has 0 aliphatic carbocycles. The molecule has 0 saturated carbocycles. The van der Waals surface area contributed by atoms with Crippen LogP contribution in [0.1, 0.15) is 11.5 Å². The number of hydrogen-bond donors (Lipinski definition) is 1. The lowest BCUT2D eigenvalue weighted by molar-refractivity contribution is -0.148. The molecule has 0 radical (unpaired) electrons. The van der Waals surface area contributed by atoms with Crippen LogP contribution in [0.4, 0.5) is 13.2 Å². The zero-order valence-electron chi connectivity index (χ0n) is 10.6. The number of benzene rings is 1. The first-order valence-electron chi connectivity index (χ1n) is 6.09. The lowest BCUT2D eigenvalue weighted by atomic mass is 9.98. The van der Waals surface area contributed by atoms with E-state index in [0.717, 1.165) is 6.54 Å². The van der Waals surface area contributed by atoms with E-state index in [1.165, 1.54) is 12.1 Å². The fourth-order valence-corrected chi connectivity index (χ4v) is 2.02. The maximum Gasteiger partial charge on any atom is 0.397 e. The molecule has 0 spiro atoms. The lowest BCUT2D eigenvalue weighted by Gasteiger charge is -2.23. The highest BCUT2D eigenvalue weighted by Gasteiger charge is 2.40. The topological polar surface area (TPSA) is 27.6 Å². The molecule has 0 fully saturated rings. The SMILES string of the molecule is CN1CCN=C1NCC(c1ccccc1)C(F)(F)F. The zero-order chi connectivity index (χ0) is 13.9. The van der Waals surface area contributed by atoms with Crippen molar-refractivity contribution in [1.82, 2.24) is 10.2 Å². The van der Waals surface area contributed by atoms with Gasteiger partial charge in [-0.05, 0) is 5.56 Å². The number of halogens is 3. The molecule has 1 aromatic rings. The minimum Gasteiger partial charge on any atom is -0.355 e. The van der Waals surface area contributed by atoms with Gasteiger partial charge < -0.3 is 10.2 Å². The number of nitrogens with one attached hydrogen (secondary N) is 1. The van der Waals surface area contributed by atoms with Crippen molar-refractivity contribution in [3.05, 3.63) is 35.9 Å². The van der Waals surface area contributed by atoms with Gasteiger partial charge in [-0.1, -0.05) is 30.3 Å². The number of alkyl halides is 3. The van der Waals surface area contributed by atoms with E-state index < -0.39 is 12.1 Å². The minimum atomic E-state index is -4.27. The molecule has 0 saturated heterocycles. The Morgan fingerprint density at radius 1 is 1.32 bits per heavy atom. The van der Waals surface area contributed by atoms with E-state index in [2.05, 4.69) is 10.3 Å². The molecule has 6 heteroatoms. The van der Waals surface area contributed by atoms with E-state index in [0.29, 0.717) is 12.5 Å². The van der Waals surface area contributed by atoms with Crippen LogP contribution < -0.4 is 5.32 Å². The van der Waals surface area contributed by atoms with Crippen molar-refractivity contribution in [2.75, 3.05) is 26.7 Å². The molecule has 1 aliphatic heterocycles. The summed E-state index contributed by atoms with van der Waals surface area (Å²) in [7, 11) is 1.81.